The van der Waals surface area contributed by atoms with Crippen LogP contribution in [0, 0.1) is 5.92 Å². The van der Waals surface area contributed by atoms with Crippen molar-refractivity contribution < 1.29 is 24.2 Å². The quantitative estimate of drug-likeness (QED) is 0.729. The van der Waals surface area contributed by atoms with E-state index in [1.807, 2.05) is 0 Å². The molecule has 1 aromatic carbocycles. The number of ether oxygens (including phenoxy) is 1. The van der Waals surface area contributed by atoms with Gasteiger partial charge in [-0.1, -0.05) is 13.8 Å². The number of amides is 1. The molecule has 2 N–H and O–H groups in total. The second-order valence-corrected chi connectivity index (χ2v) is 4.60. The van der Waals surface area contributed by atoms with E-state index in [1.165, 1.54) is 0 Å². The monoisotopic (exact) mass is 279 g/mol. The molecule has 0 bridgehead atoms. The summed E-state index contributed by atoms with van der Waals surface area (Å²) in [6.07, 6.45) is 0.705. The van der Waals surface area contributed by atoms with Gasteiger partial charge in [-0.15, -0.1) is 0 Å². The van der Waals surface area contributed by atoms with Crippen LogP contribution in [0.25, 0.3) is 0 Å². The van der Waals surface area contributed by atoms with Crippen molar-refractivity contribution in [2.75, 3.05) is 6.61 Å². The van der Waals surface area contributed by atoms with Crippen LogP contribution < -0.4 is 10.1 Å². The zero-order valence-corrected chi connectivity index (χ0v) is 11.3. The first-order valence-electron chi connectivity index (χ1n) is 6.14. The lowest BCUT2D eigenvalue weighted by molar-refractivity contribution is -0.143. The maximum Gasteiger partial charge on any atom is 0.326 e. The summed E-state index contributed by atoms with van der Waals surface area (Å²) >= 11 is 0. The molecule has 0 heterocycles. The number of aliphatic carboxylic acids is 1. The number of hydrogen-bond donors (Lipinski definition) is 2. The summed E-state index contributed by atoms with van der Waals surface area (Å²) < 4.78 is 5.21. The summed E-state index contributed by atoms with van der Waals surface area (Å²) in [5, 5.41) is 11.3. The normalized spacial score (nSPS) is 11.8. The lowest BCUT2D eigenvalue weighted by atomic mass is 10.1. The Morgan fingerprint density at radius 1 is 1.30 bits per heavy atom. The van der Waals surface area contributed by atoms with Gasteiger partial charge < -0.3 is 15.2 Å². The summed E-state index contributed by atoms with van der Waals surface area (Å²) in [5.74, 6) is -1.38. The van der Waals surface area contributed by atoms with Crippen LogP contribution in [0.15, 0.2) is 24.3 Å². The second-order valence-electron chi connectivity index (χ2n) is 4.60. The molecule has 0 aliphatic carbocycles. The first-order valence-corrected chi connectivity index (χ1v) is 6.14. The van der Waals surface area contributed by atoms with Crippen LogP contribution >= 0.6 is 0 Å². The van der Waals surface area contributed by atoms with Crippen molar-refractivity contribution in [1.82, 2.24) is 5.32 Å². The van der Waals surface area contributed by atoms with Crippen LogP contribution in [0.4, 0.5) is 0 Å². The van der Waals surface area contributed by atoms with Gasteiger partial charge in [0.1, 0.15) is 18.1 Å². The van der Waals surface area contributed by atoms with Crippen molar-refractivity contribution in [3.63, 3.8) is 0 Å². The highest BCUT2D eigenvalue weighted by molar-refractivity contribution is 5.84. The molecule has 1 atom stereocenters. The van der Waals surface area contributed by atoms with Gasteiger partial charge in [-0.3, -0.25) is 9.59 Å². The number of benzene rings is 1. The second kappa shape index (κ2) is 7.28. The van der Waals surface area contributed by atoms with E-state index in [4.69, 9.17) is 9.84 Å². The molecule has 1 aromatic rings. The Labute approximate surface area is 116 Å². The molecule has 1 amide bonds. The van der Waals surface area contributed by atoms with Crippen LogP contribution in [-0.2, 0) is 9.59 Å². The molecule has 0 saturated carbocycles. The summed E-state index contributed by atoms with van der Waals surface area (Å²) in [5.41, 5.74) is 0.507. The highest BCUT2D eigenvalue weighted by Gasteiger charge is 2.23. The van der Waals surface area contributed by atoms with Crippen molar-refractivity contribution in [3.05, 3.63) is 29.8 Å². The van der Waals surface area contributed by atoms with E-state index >= 15 is 0 Å². The molecule has 0 saturated heterocycles. The van der Waals surface area contributed by atoms with E-state index in [9.17, 15) is 14.4 Å². The van der Waals surface area contributed by atoms with Gasteiger partial charge >= 0.3 is 5.97 Å². The Bertz CT molecular complexity index is 481. The molecule has 0 aromatic heterocycles. The molecule has 0 aliphatic heterocycles. The summed E-state index contributed by atoms with van der Waals surface area (Å²) in [4.78, 5) is 33.0. The van der Waals surface area contributed by atoms with Gasteiger partial charge in [0.2, 0.25) is 0 Å². The molecule has 6 heteroatoms. The fourth-order valence-electron chi connectivity index (χ4n) is 1.52. The standard InChI is InChI=1S/C14H17NO5/c1-9(2)13(14(18)19)15-12(17)8-20-11-5-3-10(7-16)4-6-11/h3-7,9,13H,8H2,1-2H3,(H,15,17)(H,18,19). The van der Waals surface area contributed by atoms with Crippen molar-refractivity contribution in [1.29, 1.82) is 0 Å². The number of carbonyl (C=O) groups is 3. The maximum absolute atomic E-state index is 11.6. The molecule has 0 spiro atoms. The van der Waals surface area contributed by atoms with Gasteiger partial charge in [-0.2, -0.15) is 0 Å². The number of hydrogen-bond acceptors (Lipinski definition) is 4. The molecule has 20 heavy (non-hydrogen) atoms. The van der Waals surface area contributed by atoms with Crippen molar-refractivity contribution >= 4 is 18.2 Å². The molecular weight excluding hydrogens is 262 g/mol. The Hall–Kier alpha value is -2.37. The van der Waals surface area contributed by atoms with Crippen LogP contribution in [-0.4, -0.2) is 35.9 Å². The van der Waals surface area contributed by atoms with Crippen LogP contribution in [0.3, 0.4) is 0 Å². The fourth-order valence-corrected chi connectivity index (χ4v) is 1.52. The smallest absolute Gasteiger partial charge is 0.326 e. The minimum absolute atomic E-state index is 0.219. The molecule has 6 nitrogen and oxygen atoms in total. The molecule has 1 rings (SSSR count). The first kappa shape index (κ1) is 15.7. The highest BCUT2D eigenvalue weighted by Crippen LogP contribution is 2.10. The topological polar surface area (TPSA) is 92.7 Å². The average molecular weight is 279 g/mol. The predicted molar refractivity (Wildman–Crippen MR) is 71.7 cm³/mol. The van der Waals surface area contributed by atoms with E-state index in [0.717, 1.165) is 0 Å². The van der Waals surface area contributed by atoms with Gasteiger partial charge in [0.05, 0.1) is 0 Å². The van der Waals surface area contributed by atoms with Crippen molar-refractivity contribution in [2.24, 2.45) is 5.92 Å². The van der Waals surface area contributed by atoms with Gasteiger partial charge in [0.25, 0.3) is 5.91 Å². The first-order chi connectivity index (χ1) is 9.43. The Balaban J connectivity index is 2.49. The Morgan fingerprint density at radius 3 is 2.35 bits per heavy atom. The van der Waals surface area contributed by atoms with Crippen molar-refractivity contribution in [2.45, 2.75) is 19.9 Å². The van der Waals surface area contributed by atoms with Crippen LogP contribution in [0.2, 0.25) is 0 Å². The highest BCUT2D eigenvalue weighted by atomic mass is 16.5. The number of carboxylic acid groups (broad SMARTS) is 1. The van der Waals surface area contributed by atoms with E-state index in [1.54, 1.807) is 38.1 Å². The number of carbonyl (C=O) groups excluding carboxylic acids is 2. The predicted octanol–water partition coefficient (Wildman–Crippen LogP) is 1.10. The molecular formula is C14H17NO5. The lowest BCUT2D eigenvalue weighted by Gasteiger charge is -2.17. The third-order valence-corrected chi connectivity index (χ3v) is 2.64. The summed E-state index contributed by atoms with van der Waals surface area (Å²) in [6.45, 7) is 3.13. The third kappa shape index (κ3) is 4.72. The van der Waals surface area contributed by atoms with Crippen LogP contribution in [0.1, 0.15) is 24.2 Å². The molecule has 0 fully saturated rings. The minimum Gasteiger partial charge on any atom is -0.484 e. The van der Waals surface area contributed by atoms with Crippen LogP contribution in [0.5, 0.6) is 5.75 Å². The summed E-state index contributed by atoms with van der Waals surface area (Å²) in [7, 11) is 0. The SMILES string of the molecule is CC(C)C(NC(=O)COc1ccc(C=O)cc1)C(=O)O. The molecule has 1 unspecified atom stereocenters. The van der Waals surface area contributed by atoms with E-state index in [0.29, 0.717) is 17.6 Å². The van der Waals surface area contributed by atoms with E-state index in [-0.39, 0.29) is 12.5 Å². The third-order valence-electron chi connectivity index (χ3n) is 2.64. The maximum atomic E-state index is 11.6. The molecule has 0 aliphatic rings. The van der Waals surface area contributed by atoms with E-state index < -0.39 is 17.9 Å². The van der Waals surface area contributed by atoms with E-state index in [2.05, 4.69) is 5.32 Å². The minimum atomic E-state index is -1.08. The van der Waals surface area contributed by atoms with Crippen molar-refractivity contribution in [3.8, 4) is 5.75 Å². The summed E-state index contributed by atoms with van der Waals surface area (Å²) in [6, 6.07) is 5.31. The average Bonchev–Trinajstić information content (AvgIpc) is 2.42. The zero-order chi connectivity index (χ0) is 15.1. The number of aldehydes is 1. The van der Waals surface area contributed by atoms with Gasteiger partial charge in [-0.05, 0) is 30.2 Å². The molecule has 0 radical (unpaired) electrons. The molecule has 108 valence electrons. The lowest BCUT2D eigenvalue weighted by Crippen LogP contribution is -2.46. The van der Waals surface area contributed by atoms with Gasteiger partial charge in [0, 0.05) is 5.56 Å². The number of nitrogens with one attached hydrogen (secondary N) is 1. The largest absolute Gasteiger partial charge is 0.484 e. The Morgan fingerprint density at radius 2 is 1.90 bits per heavy atom. The zero-order valence-electron chi connectivity index (χ0n) is 11.3. The van der Waals surface area contributed by atoms with Gasteiger partial charge in [0.15, 0.2) is 6.61 Å². The number of rotatable bonds is 7. The Kier molecular flexibility index (Phi) is 5.71. The van der Waals surface area contributed by atoms with Gasteiger partial charge in [-0.25, -0.2) is 4.79 Å². The number of carboxylic acids is 1. The fraction of sp³-hybridized carbons (Fsp3) is 0.357.